The molecule has 20 heavy (non-hydrogen) atoms. The molecule has 0 atom stereocenters. The van der Waals surface area contributed by atoms with Crippen LogP contribution in [-0.4, -0.2) is 16.7 Å². The van der Waals surface area contributed by atoms with Crippen molar-refractivity contribution < 1.29 is 9.59 Å². The monoisotopic (exact) mass is 264 g/mol. The van der Waals surface area contributed by atoms with Crippen molar-refractivity contribution in [3.63, 3.8) is 0 Å². The van der Waals surface area contributed by atoms with E-state index in [2.05, 4.69) is 10.3 Å². The van der Waals surface area contributed by atoms with Crippen LogP contribution < -0.4 is 5.32 Å². The average Bonchev–Trinajstić information content (AvgIpc) is 2.48. The van der Waals surface area contributed by atoms with Crippen LogP contribution in [0.2, 0.25) is 0 Å². The Hall–Kier alpha value is -2.75. The lowest BCUT2D eigenvalue weighted by Gasteiger charge is -2.16. The number of hydrogen-bond donors (Lipinski definition) is 1. The molecule has 0 saturated heterocycles. The summed E-state index contributed by atoms with van der Waals surface area (Å²) >= 11 is 0. The summed E-state index contributed by atoms with van der Waals surface area (Å²) < 4.78 is 0. The summed E-state index contributed by atoms with van der Waals surface area (Å²) in [6.45, 7) is 0. The number of amides is 1. The van der Waals surface area contributed by atoms with Crippen molar-refractivity contribution in [1.29, 1.82) is 0 Å². The standard InChI is InChI=1S/C16H12N2O2/c19-14-12-7-4-10-17-15(12)18-16(20)13(14)9-8-11-5-2-1-3-6-11/h1-7,9-10H,8H2,(H,17,18,20). The van der Waals surface area contributed by atoms with Gasteiger partial charge in [0.2, 0.25) is 5.78 Å². The van der Waals surface area contributed by atoms with E-state index in [1.807, 2.05) is 30.3 Å². The predicted molar refractivity (Wildman–Crippen MR) is 75.4 cm³/mol. The van der Waals surface area contributed by atoms with E-state index in [4.69, 9.17) is 0 Å². The minimum Gasteiger partial charge on any atom is -0.306 e. The van der Waals surface area contributed by atoms with Crippen LogP contribution in [-0.2, 0) is 11.2 Å². The summed E-state index contributed by atoms with van der Waals surface area (Å²) in [4.78, 5) is 28.2. The number of nitrogens with one attached hydrogen (secondary N) is 1. The molecule has 3 rings (SSSR count). The highest BCUT2D eigenvalue weighted by Crippen LogP contribution is 2.23. The number of fused-ring (bicyclic) bond motifs is 1. The summed E-state index contributed by atoms with van der Waals surface area (Å²) in [7, 11) is 0. The molecule has 0 saturated carbocycles. The Kier molecular flexibility index (Phi) is 3.13. The molecule has 4 heteroatoms. The van der Waals surface area contributed by atoms with Gasteiger partial charge in [-0.1, -0.05) is 36.4 Å². The van der Waals surface area contributed by atoms with E-state index >= 15 is 0 Å². The van der Waals surface area contributed by atoms with Gasteiger partial charge in [0.05, 0.1) is 11.1 Å². The molecule has 4 nitrogen and oxygen atoms in total. The van der Waals surface area contributed by atoms with Crippen LogP contribution in [0.1, 0.15) is 15.9 Å². The maximum atomic E-state index is 12.3. The first-order valence-electron chi connectivity index (χ1n) is 6.31. The highest BCUT2D eigenvalue weighted by molar-refractivity contribution is 6.33. The van der Waals surface area contributed by atoms with Gasteiger partial charge in [-0.2, -0.15) is 0 Å². The van der Waals surface area contributed by atoms with Crippen LogP contribution in [0.3, 0.4) is 0 Å². The van der Waals surface area contributed by atoms with Gasteiger partial charge >= 0.3 is 0 Å². The highest BCUT2D eigenvalue weighted by atomic mass is 16.2. The van der Waals surface area contributed by atoms with Crippen LogP contribution >= 0.6 is 0 Å². The molecular formula is C16H12N2O2. The maximum absolute atomic E-state index is 12.3. The van der Waals surface area contributed by atoms with Crippen molar-refractivity contribution in [2.75, 3.05) is 5.32 Å². The number of benzene rings is 1. The second-order valence-electron chi connectivity index (χ2n) is 4.49. The molecule has 1 aliphatic rings. The number of Topliss-reactive ketones (excluding diaryl/α,β-unsaturated/α-hetero) is 1. The topological polar surface area (TPSA) is 59.1 Å². The molecule has 1 aromatic carbocycles. The van der Waals surface area contributed by atoms with E-state index in [-0.39, 0.29) is 11.4 Å². The lowest BCUT2D eigenvalue weighted by atomic mass is 9.97. The Labute approximate surface area is 116 Å². The van der Waals surface area contributed by atoms with Crippen molar-refractivity contribution in [3.05, 3.63) is 71.4 Å². The Balaban J connectivity index is 1.91. The SMILES string of the molecule is O=C1Nc2ncccc2C(=O)C1=CCc1ccccc1. The maximum Gasteiger partial charge on any atom is 0.260 e. The molecular weight excluding hydrogens is 252 g/mol. The summed E-state index contributed by atoms with van der Waals surface area (Å²) in [6.07, 6.45) is 3.76. The van der Waals surface area contributed by atoms with E-state index in [1.54, 1.807) is 24.4 Å². The Morgan fingerprint density at radius 2 is 1.85 bits per heavy atom. The van der Waals surface area contributed by atoms with Crippen LogP contribution in [0.15, 0.2) is 60.3 Å². The van der Waals surface area contributed by atoms with Crippen molar-refractivity contribution in [1.82, 2.24) is 4.98 Å². The molecule has 0 spiro atoms. The number of carbonyl (C=O) groups excluding carboxylic acids is 2. The fraction of sp³-hybridized carbons (Fsp3) is 0.0625. The predicted octanol–water partition coefficient (Wildman–Crippen LogP) is 2.39. The third-order valence-corrected chi connectivity index (χ3v) is 3.16. The number of allylic oxidation sites excluding steroid dienone is 1. The zero-order valence-corrected chi connectivity index (χ0v) is 10.7. The normalized spacial score (nSPS) is 15.9. The van der Waals surface area contributed by atoms with Gasteiger partial charge in [0.15, 0.2) is 0 Å². The van der Waals surface area contributed by atoms with E-state index in [1.165, 1.54) is 0 Å². The summed E-state index contributed by atoms with van der Waals surface area (Å²) in [5.41, 5.74) is 1.67. The van der Waals surface area contributed by atoms with Crippen LogP contribution in [0.5, 0.6) is 0 Å². The number of ketones is 1. The largest absolute Gasteiger partial charge is 0.306 e. The molecule has 0 bridgehead atoms. The van der Waals surface area contributed by atoms with Crippen molar-refractivity contribution in [3.8, 4) is 0 Å². The second-order valence-corrected chi connectivity index (χ2v) is 4.49. The number of aromatic nitrogens is 1. The third-order valence-electron chi connectivity index (χ3n) is 3.16. The molecule has 0 fully saturated rings. The van der Waals surface area contributed by atoms with E-state index < -0.39 is 5.91 Å². The Morgan fingerprint density at radius 3 is 2.65 bits per heavy atom. The first kappa shape index (κ1) is 12.3. The first-order chi connectivity index (χ1) is 9.75. The van der Waals surface area contributed by atoms with Crippen molar-refractivity contribution in [2.24, 2.45) is 0 Å². The average molecular weight is 264 g/mol. The van der Waals surface area contributed by atoms with Gasteiger partial charge in [0.25, 0.3) is 5.91 Å². The van der Waals surface area contributed by atoms with Crippen molar-refractivity contribution >= 4 is 17.5 Å². The number of rotatable bonds is 2. The van der Waals surface area contributed by atoms with Gasteiger partial charge in [0, 0.05) is 6.20 Å². The Bertz CT molecular complexity index is 705. The zero-order chi connectivity index (χ0) is 13.9. The van der Waals surface area contributed by atoms with Crippen LogP contribution in [0, 0.1) is 0 Å². The van der Waals surface area contributed by atoms with Gasteiger partial charge in [-0.25, -0.2) is 4.98 Å². The summed E-state index contributed by atoms with van der Waals surface area (Å²) in [5, 5.41) is 2.64. The van der Waals surface area contributed by atoms with Gasteiger partial charge < -0.3 is 5.32 Å². The fourth-order valence-electron chi connectivity index (χ4n) is 2.13. The molecule has 2 aromatic rings. The molecule has 1 aliphatic heterocycles. The second kappa shape index (κ2) is 5.09. The molecule has 1 N–H and O–H groups in total. The Morgan fingerprint density at radius 1 is 1.05 bits per heavy atom. The smallest absolute Gasteiger partial charge is 0.260 e. The number of pyridine rings is 1. The van der Waals surface area contributed by atoms with Crippen LogP contribution in [0.25, 0.3) is 0 Å². The molecule has 0 radical (unpaired) electrons. The van der Waals surface area contributed by atoms with E-state index in [9.17, 15) is 9.59 Å². The molecule has 2 heterocycles. The van der Waals surface area contributed by atoms with Gasteiger partial charge in [0.1, 0.15) is 5.82 Å². The molecule has 1 aromatic heterocycles. The van der Waals surface area contributed by atoms with E-state index in [0.717, 1.165) is 5.56 Å². The fourth-order valence-corrected chi connectivity index (χ4v) is 2.13. The minimum absolute atomic E-state index is 0.175. The molecule has 0 unspecified atom stereocenters. The number of hydrogen-bond acceptors (Lipinski definition) is 3. The summed E-state index contributed by atoms with van der Waals surface area (Å²) in [6, 6.07) is 13.0. The number of nitrogens with zero attached hydrogens (tertiary/aromatic N) is 1. The summed E-state index contributed by atoms with van der Waals surface area (Å²) in [5.74, 6) is -0.329. The van der Waals surface area contributed by atoms with Crippen molar-refractivity contribution in [2.45, 2.75) is 6.42 Å². The van der Waals surface area contributed by atoms with Crippen LogP contribution in [0.4, 0.5) is 5.82 Å². The highest BCUT2D eigenvalue weighted by Gasteiger charge is 2.28. The molecule has 1 amide bonds. The van der Waals surface area contributed by atoms with E-state index in [0.29, 0.717) is 17.8 Å². The minimum atomic E-state index is -0.392. The van der Waals surface area contributed by atoms with Gasteiger partial charge in [-0.15, -0.1) is 0 Å². The third kappa shape index (κ3) is 2.23. The molecule has 98 valence electrons. The lowest BCUT2D eigenvalue weighted by molar-refractivity contribution is -0.112. The molecule has 0 aliphatic carbocycles. The first-order valence-corrected chi connectivity index (χ1v) is 6.31. The number of anilines is 1. The van der Waals surface area contributed by atoms with Gasteiger partial charge in [-0.3, -0.25) is 9.59 Å². The lowest BCUT2D eigenvalue weighted by Crippen LogP contribution is -2.28. The van der Waals surface area contributed by atoms with Gasteiger partial charge in [-0.05, 0) is 24.1 Å². The number of carbonyl (C=O) groups is 2. The zero-order valence-electron chi connectivity index (χ0n) is 10.7. The quantitative estimate of drug-likeness (QED) is 0.669.